The standard InChI is InChI=1S/C15H20FN3O/c1-4-12(17)9-14-10(2)18-19(3)15(14)20-13-7-5-6-11(16)8-13/h5-8,12H,4,9,17H2,1-3H3. The van der Waals surface area contributed by atoms with E-state index in [0.717, 1.165) is 17.7 Å². The van der Waals surface area contributed by atoms with Crippen LogP contribution in [0.5, 0.6) is 11.6 Å². The molecule has 0 saturated heterocycles. The number of aromatic nitrogens is 2. The second-order valence-electron chi connectivity index (χ2n) is 4.92. The summed E-state index contributed by atoms with van der Waals surface area (Å²) in [5.41, 5.74) is 7.89. The molecule has 4 nitrogen and oxygen atoms in total. The summed E-state index contributed by atoms with van der Waals surface area (Å²) in [4.78, 5) is 0. The van der Waals surface area contributed by atoms with Gasteiger partial charge >= 0.3 is 0 Å². The molecule has 1 aromatic carbocycles. The Bertz CT molecular complexity index is 595. The summed E-state index contributed by atoms with van der Waals surface area (Å²) in [5.74, 6) is 0.754. The van der Waals surface area contributed by atoms with Gasteiger partial charge in [0.25, 0.3) is 0 Å². The van der Waals surface area contributed by atoms with Crippen LogP contribution in [0.25, 0.3) is 0 Å². The number of ether oxygens (including phenoxy) is 1. The third-order valence-electron chi connectivity index (χ3n) is 3.29. The third-order valence-corrected chi connectivity index (χ3v) is 3.29. The van der Waals surface area contributed by atoms with Crippen molar-refractivity contribution < 1.29 is 9.13 Å². The largest absolute Gasteiger partial charge is 0.439 e. The van der Waals surface area contributed by atoms with Gasteiger partial charge in [-0.3, -0.25) is 0 Å². The highest BCUT2D eigenvalue weighted by atomic mass is 19.1. The summed E-state index contributed by atoms with van der Waals surface area (Å²) >= 11 is 0. The Morgan fingerprint density at radius 1 is 1.45 bits per heavy atom. The highest BCUT2D eigenvalue weighted by Gasteiger charge is 2.17. The minimum absolute atomic E-state index is 0.0627. The van der Waals surface area contributed by atoms with Crippen LogP contribution in [-0.4, -0.2) is 15.8 Å². The van der Waals surface area contributed by atoms with Crippen LogP contribution in [-0.2, 0) is 13.5 Å². The first-order chi connectivity index (χ1) is 9.51. The van der Waals surface area contributed by atoms with Gasteiger partial charge in [-0.05, 0) is 31.9 Å². The van der Waals surface area contributed by atoms with Gasteiger partial charge in [-0.1, -0.05) is 13.0 Å². The topological polar surface area (TPSA) is 53.1 Å². The predicted octanol–water partition coefficient (Wildman–Crippen LogP) is 2.94. The minimum Gasteiger partial charge on any atom is -0.439 e. The van der Waals surface area contributed by atoms with Crippen LogP contribution in [0, 0.1) is 12.7 Å². The number of benzene rings is 1. The molecule has 1 unspecified atom stereocenters. The lowest BCUT2D eigenvalue weighted by atomic mass is 10.1. The van der Waals surface area contributed by atoms with Crippen LogP contribution in [0.1, 0.15) is 24.6 Å². The number of nitrogens with two attached hydrogens (primary N) is 1. The third kappa shape index (κ3) is 3.17. The molecule has 2 N–H and O–H groups in total. The number of hydrogen-bond donors (Lipinski definition) is 1. The quantitative estimate of drug-likeness (QED) is 0.914. The first kappa shape index (κ1) is 14.5. The van der Waals surface area contributed by atoms with Crippen LogP contribution in [0.2, 0.25) is 0 Å². The first-order valence-electron chi connectivity index (χ1n) is 6.72. The zero-order chi connectivity index (χ0) is 14.7. The lowest BCUT2D eigenvalue weighted by Crippen LogP contribution is -2.21. The molecule has 108 valence electrons. The average Bonchev–Trinajstić information content (AvgIpc) is 2.65. The van der Waals surface area contributed by atoms with Crippen LogP contribution in [0.15, 0.2) is 24.3 Å². The van der Waals surface area contributed by atoms with Crippen LogP contribution in [0.4, 0.5) is 4.39 Å². The van der Waals surface area contributed by atoms with Crippen molar-refractivity contribution >= 4 is 0 Å². The predicted molar refractivity (Wildman–Crippen MR) is 76.4 cm³/mol. The van der Waals surface area contributed by atoms with E-state index in [-0.39, 0.29) is 11.9 Å². The Hall–Kier alpha value is -1.88. The van der Waals surface area contributed by atoms with Crippen molar-refractivity contribution in [2.24, 2.45) is 12.8 Å². The smallest absolute Gasteiger partial charge is 0.221 e. The number of aryl methyl sites for hydroxylation is 2. The Kier molecular flexibility index (Phi) is 4.39. The summed E-state index contributed by atoms with van der Waals surface area (Å²) in [7, 11) is 1.81. The molecule has 5 heteroatoms. The number of halogens is 1. The molecular weight excluding hydrogens is 257 g/mol. The Morgan fingerprint density at radius 3 is 2.85 bits per heavy atom. The maximum absolute atomic E-state index is 13.2. The molecule has 2 aromatic rings. The molecule has 1 aromatic heterocycles. The van der Waals surface area contributed by atoms with E-state index in [1.54, 1.807) is 16.8 Å². The van der Waals surface area contributed by atoms with Gasteiger partial charge in [-0.2, -0.15) is 5.10 Å². The molecule has 2 rings (SSSR count). The zero-order valence-electron chi connectivity index (χ0n) is 12.1. The first-order valence-corrected chi connectivity index (χ1v) is 6.72. The number of rotatable bonds is 5. The maximum atomic E-state index is 13.2. The van der Waals surface area contributed by atoms with Crippen molar-refractivity contribution in [2.75, 3.05) is 0 Å². The lowest BCUT2D eigenvalue weighted by Gasteiger charge is -2.12. The number of hydrogen-bond acceptors (Lipinski definition) is 3. The molecule has 20 heavy (non-hydrogen) atoms. The van der Waals surface area contributed by atoms with E-state index in [1.807, 2.05) is 20.9 Å². The van der Waals surface area contributed by atoms with E-state index in [1.165, 1.54) is 12.1 Å². The Balaban J connectivity index is 2.31. The normalized spacial score (nSPS) is 12.4. The van der Waals surface area contributed by atoms with Crippen molar-refractivity contribution in [1.82, 2.24) is 9.78 Å². The van der Waals surface area contributed by atoms with Gasteiger partial charge in [0.05, 0.1) is 5.69 Å². The Labute approximate surface area is 118 Å². The summed E-state index contributed by atoms with van der Waals surface area (Å²) in [6.07, 6.45) is 1.58. The van der Waals surface area contributed by atoms with E-state index >= 15 is 0 Å². The van der Waals surface area contributed by atoms with E-state index < -0.39 is 0 Å². The summed E-state index contributed by atoms with van der Waals surface area (Å²) in [6, 6.07) is 6.13. The lowest BCUT2D eigenvalue weighted by molar-refractivity contribution is 0.420. The molecule has 0 amide bonds. The fraction of sp³-hybridized carbons (Fsp3) is 0.400. The fourth-order valence-electron chi connectivity index (χ4n) is 2.09. The summed E-state index contributed by atoms with van der Waals surface area (Å²) < 4.78 is 20.7. The fourth-order valence-corrected chi connectivity index (χ4v) is 2.09. The molecule has 0 radical (unpaired) electrons. The molecule has 1 heterocycles. The maximum Gasteiger partial charge on any atom is 0.221 e. The molecule has 0 bridgehead atoms. The van der Waals surface area contributed by atoms with Gasteiger partial charge in [0, 0.05) is 24.7 Å². The van der Waals surface area contributed by atoms with Gasteiger partial charge < -0.3 is 10.5 Å². The molecule has 0 aliphatic rings. The molecular formula is C15H20FN3O. The molecule has 0 aliphatic heterocycles. The Morgan fingerprint density at radius 2 is 2.20 bits per heavy atom. The van der Waals surface area contributed by atoms with Gasteiger partial charge in [0.15, 0.2) is 0 Å². The summed E-state index contributed by atoms with van der Waals surface area (Å²) in [5, 5.41) is 4.36. The minimum atomic E-state index is -0.326. The van der Waals surface area contributed by atoms with E-state index in [4.69, 9.17) is 10.5 Å². The van der Waals surface area contributed by atoms with E-state index in [2.05, 4.69) is 5.10 Å². The zero-order valence-corrected chi connectivity index (χ0v) is 12.1. The monoisotopic (exact) mass is 277 g/mol. The molecule has 0 aliphatic carbocycles. The van der Waals surface area contributed by atoms with E-state index in [0.29, 0.717) is 18.1 Å². The highest BCUT2D eigenvalue weighted by Crippen LogP contribution is 2.28. The van der Waals surface area contributed by atoms with Gasteiger partial charge in [-0.25, -0.2) is 9.07 Å². The second kappa shape index (κ2) is 6.05. The summed E-state index contributed by atoms with van der Waals surface area (Å²) in [6.45, 7) is 3.97. The molecule has 0 spiro atoms. The van der Waals surface area contributed by atoms with Crippen molar-refractivity contribution in [3.8, 4) is 11.6 Å². The van der Waals surface area contributed by atoms with Crippen LogP contribution >= 0.6 is 0 Å². The van der Waals surface area contributed by atoms with Crippen molar-refractivity contribution in [2.45, 2.75) is 32.7 Å². The molecule has 0 fully saturated rings. The molecule has 0 saturated carbocycles. The number of nitrogens with zero attached hydrogens (tertiary/aromatic N) is 2. The van der Waals surface area contributed by atoms with Crippen molar-refractivity contribution in [1.29, 1.82) is 0 Å². The van der Waals surface area contributed by atoms with Crippen molar-refractivity contribution in [3.05, 3.63) is 41.3 Å². The van der Waals surface area contributed by atoms with Crippen LogP contribution in [0.3, 0.4) is 0 Å². The second-order valence-corrected chi connectivity index (χ2v) is 4.92. The van der Waals surface area contributed by atoms with E-state index in [9.17, 15) is 4.39 Å². The molecule has 1 atom stereocenters. The van der Waals surface area contributed by atoms with Crippen LogP contribution < -0.4 is 10.5 Å². The highest BCUT2D eigenvalue weighted by molar-refractivity contribution is 5.36. The van der Waals surface area contributed by atoms with Gasteiger partial charge in [0.1, 0.15) is 11.6 Å². The van der Waals surface area contributed by atoms with Gasteiger partial charge in [0.2, 0.25) is 5.88 Å². The average molecular weight is 277 g/mol. The SMILES string of the molecule is CCC(N)Cc1c(C)nn(C)c1Oc1cccc(F)c1. The van der Waals surface area contributed by atoms with Gasteiger partial charge in [-0.15, -0.1) is 0 Å². The van der Waals surface area contributed by atoms with Crippen molar-refractivity contribution in [3.63, 3.8) is 0 Å².